The van der Waals surface area contributed by atoms with Crippen molar-refractivity contribution in [3.8, 4) is 0 Å². The van der Waals surface area contributed by atoms with Crippen LogP contribution in [0, 0.1) is 15.5 Å². The van der Waals surface area contributed by atoms with Crippen LogP contribution < -0.4 is 10.6 Å². The Balaban J connectivity index is 2.11. The highest BCUT2D eigenvalue weighted by Gasteiger charge is 2.41. The zero-order valence-electron chi connectivity index (χ0n) is 11.4. The Morgan fingerprint density at radius 3 is 2.74 bits per heavy atom. The maximum absolute atomic E-state index is 11.0. The molecule has 2 rings (SSSR count). The topological polar surface area (TPSA) is 80.1 Å². The molecule has 0 aliphatic heterocycles. The van der Waals surface area contributed by atoms with Crippen molar-refractivity contribution in [2.24, 2.45) is 5.41 Å². The molecule has 0 bridgehead atoms. The first kappa shape index (κ1) is 13.6. The zero-order valence-corrected chi connectivity index (χ0v) is 11.4. The Morgan fingerprint density at radius 1 is 1.47 bits per heavy atom. The van der Waals surface area contributed by atoms with E-state index in [0.29, 0.717) is 17.1 Å². The fourth-order valence-corrected chi connectivity index (χ4v) is 2.36. The maximum atomic E-state index is 11.0. The van der Waals surface area contributed by atoms with Crippen molar-refractivity contribution in [1.82, 2.24) is 4.98 Å². The molecule has 1 aromatic rings. The Kier molecular flexibility index (Phi) is 3.87. The Morgan fingerprint density at radius 2 is 2.21 bits per heavy atom. The highest BCUT2D eigenvalue weighted by atomic mass is 16.6. The molecule has 1 aromatic heterocycles. The minimum absolute atomic E-state index is 0.0336. The molecule has 0 amide bonds. The fourth-order valence-electron chi connectivity index (χ4n) is 2.36. The molecule has 0 atom stereocenters. The van der Waals surface area contributed by atoms with Crippen molar-refractivity contribution in [2.75, 3.05) is 24.2 Å². The van der Waals surface area contributed by atoms with E-state index < -0.39 is 4.92 Å². The molecule has 0 saturated heterocycles. The highest BCUT2D eigenvalue weighted by Crippen LogP contribution is 2.49. The van der Waals surface area contributed by atoms with Gasteiger partial charge < -0.3 is 10.6 Å². The van der Waals surface area contributed by atoms with Gasteiger partial charge in [0.05, 0.1) is 4.92 Å². The summed E-state index contributed by atoms with van der Waals surface area (Å²) in [4.78, 5) is 14.8. The lowest BCUT2D eigenvalue weighted by atomic mass is 10.0. The zero-order chi connectivity index (χ0) is 13.9. The lowest BCUT2D eigenvalue weighted by molar-refractivity contribution is -0.384. The van der Waals surface area contributed by atoms with Gasteiger partial charge in [-0.05, 0) is 30.7 Å². The normalized spacial score (nSPS) is 15.9. The third-order valence-electron chi connectivity index (χ3n) is 3.70. The van der Waals surface area contributed by atoms with Crippen molar-refractivity contribution in [1.29, 1.82) is 0 Å². The van der Waals surface area contributed by atoms with Crippen LogP contribution in [0.2, 0.25) is 0 Å². The number of rotatable bonds is 7. The lowest BCUT2D eigenvalue weighted by Gasteiger charge is -2.15. The predicted molar refractivity (Wildman–Crippen MR) is 75.5 cm³/mol. The van der Waals surface area contributed by atoms with Gasteiger partial charge in [-0.15, -0.1) is 0 Å². The van der Waals surface area contributed by atoms with E-state index in [-0.39, 0.29) is 5.69 Å². The molecular weight excluding hydrogens is 244 g/mol. The van der Waals surface area contributed by atoms with Gasteiger partial charge in [-0.3, -0.25) is 10.1 Å². The minimum Gasteiger partial charge on any atom is -0.373 e. The van der Waals surface area contributed by atoms with Crippen LogP contribution in [0.25, 0.3) is 0 Å². The molecule has 1 fully saturated rings. The minimum atomic E-state index is -0.395. The molecule has 1 aliphatic carbocycles. The number of nitro groups is 1. The Hall–Kier alpha value is -1.85. The van der Waals surface area contributed by atoms with E-state index in [9.17, 15) is 10.1 Å². The quantitative estimate of drug-likeness (QED) is 0.584. The van der Waals surface area contributed by atoms with E-state index in [0.717, 1.165) is 13.0 Å². The summed E-state index contributed by atoms with van der Waals surface area (Å²) in [5, 5.41) is 17.1. The molecule has 0 unspecified atom stereocenters. The second kappa shape index (κ2) is 5.42. The van der Waals surface area contributed by atoms with Crippen molar-refractivity contribution < 1.29 is 4.92 Å². The molecule has 0 spiro atoms. The van der Waals surface area contributed by atoms with Gasteiger partial charge in [-0.2, -0.15) is 0 Å². The number of aromatic nitrogens is 1. The van der Waals surface area contributed by atoms with Gasteiger partial charge in [0.15, 0.2) is 0 Å². The van der Waals surface area contributed by atoms with Crippen LogP contribution in [0.1, 0.15) is 32.6 Å². The summed E-state index contributed by atoms with van der Waals surface area (Å²) in [5.41, 5.74) is 0.367. The van der Waals surface area contributed by atoms with E-state index in [1.165, 1.54) is 25.3 Å². The molecule has 1 heterocycles. The highest BCUT2D eigenvalue weighted by molar-refractivity contribution is 5.60. The molecule has 0 aromatic carbocycles. The summed E-state index contributed by atoms with van der Waals surface area (Å²) >= 11 is 0. The van der Waals surface area contributed by atoms with Gasteiger partial charge in [0.1, 0.15) is 5.82 Å². The second-order valence-corrected chi connectivity index (χ2v) is 5.17. The van der Waals surface area contributed by atoms with Gasteiger partial charge in [0.2, 0.25) is 5.82 Å². The standard InChI is InChI=1S/C13H20N4O2/c1-3-6-13(7-8-13)9-15-12-10(17(18)19)4-5-11(14-2)16-12/h4-5H,3,6-9H2,1-2H3,(H2,14,15,16). The Labute approximate surface area is 112 Å². The van der Waals surface area contributed by atoms with Crippen LogP contribution in [0.5, 0.6) is 0 Å². The number of pyridine rings is 1. The van der Waals surface area contributed by atoms with Gasteiger partial charge in [0.25, 0.3) is 0 Å². The SMILES string of the molecule is CCCC1(CNc2nc(NC)ccc2[N+](=O)[O-])CC1. The fraction of sp³-hybridized carbons (Fsp3) is 0.615. The molecule has 19 heavy (non-hydrogen) atoms. The van der Waals surface area contributed by atoms with Crippen molar-refractivity contribution >= 4 is 17.3 Å². The van der Waals surface area contributed by atoms with E-state index in [4.69, 9.17) is 0 Å². The van der Waals surface area contributed by atoms with Crippen LogP contribution in [-0.2, 0) is 0 Å². The van der Waals surface area contributed by atoms with Crippen LogP contribution in [0.3, 0.4) is 0 Å². The van der Waals surface area contributed by atoms with E-state index in [1.807, 2.05) is 0 Å². The van der Waals surface area contributed by atoms with Crippen LogP contribution >= 0.6 is 0 Å². The average molecular weight is 264 g/mol. The summed E-state index contributed by atoms with van der Waals surface area (Å²) in [7, 11) is 1.75. The number of anilines is 2. The first-order valence-corrected chi connectivity index (χ1v) is 6.67. The molecule has 6 heteroatoms. The first-order chi connectivity index (χ1) is 9.10. The summed E-state index contributed by atoms with van der Waals surface area (Å²) in [6.45, 7) is 2.93. The van der Waals surface area contributed by atoms with E-state index >= 15 is 0 Å². The van der Waals surface area contributed by atoms with E-state index in [1.54, 1.807) is 13.1 Å². The molecule has 1 saturated carbocycles. The largest absolute Gasteiger partial charge is 0.373 e. The predicted octanol–water partition coefficient (Wildman–Crippen LogP) is 3.02. The number of nitrogens with zero attached hydrogens (tertiary/aromatic N) is 2. The molecule has 1 aliphatic rings. The number of nitrogens with one attached hydrogen (secondary N) is 2. The third-order valence-corrected chi connectivity index (χ3v) is 3.70. The third kappa shape index (κ3) is 3.13. The summed E-state index contributed by atoms with van der Waals surface area (Å²) < 4.78 is 0. The monoisotopic (exact) mass is 264 g/mol. The smallest absolute Gasteiger partial charge is 0.311 e. The van der Waals surface area contributed by atoms with Crippen LogP contribution in [0.15, 0.2) is 12.1 Å². The van der Waals surface area contributed by atoms with Crippen molar-refractivity contribution in [2.45, 2.75) is 32.6 Å². The molecule has 2 N–H and O–H groups in total. The molecule has 0 radical (unpaired) electrons. The average Bonchev–Trinajstić information content (AvgIpc) is 3.16. The Bertz CT molecular complexity index is 472. The van der Waals surface area contributed by atoms with Gasteiger partial charge in [0, 0.05) is 19.7 Å². The summed E-state index contributed by atoms with van der Waals surface area (Å²) in [5.74, 6) is 0.993. The van der Waals surface area contributed by atoms with Crippen LogP contribution in [-0.4, -0.2) is 23.5 Å². The van der Waals surface area contributed by atoms with Crippen LogP contribution in [0.4, 0.5) is 17.3 Å². The molecule has 104 valence electrons. The van der Waals surface area contributed by atoms with E-state index in [2.05, 4.69) is 22.5 Å². The molecule has 6 nitrogen and oxygen atoms in total. The summed E-state index contributed by atoms with van der Waals surface area (Å²) in [6.07, 6.45) is 4.72. The van der Waals surface area contributed by atoms with Gasteiger partial charge >= 0.3 is 5.69 Å². The number of hydrogen-bond donors (Lipinski definition) is 2. The lowest BCUT2D eigenvalue weighted by Crippen LogP contribution is -2.17. The first-order valence-electron chi connectivity index (χ1n) is 6.67. The van der Waals surface area contributed by atoms with Gasteiger partial charge in [-0.1, -0.05) is 13.3 Å². The maximum Gasteiger partial charge on any atom is 0.311 e. The van der Waals surface area contributed by atoms with Crippen molar-refractivity contribution in [3.63, 3.8) is 0 Å². The summed E-state index contributed by atoms with van der Waals surface area (Å²) in [6, 6.07) is 3.10. The van der Waals surface area contributed by atoms with Gasteiger partial charge in [-0.25, -0.2) is 4.98 Å². The second-order valence-electron chi connectivity index (χ2n) is 5.17. The van der Waals surface area contributed by atoms with Crippen molar-refractivity contribution in [3.05, 3.63) is 22.2 Å². The molecular formula is C13H20N4O2. The number of hydrogen-bond acceptors (Lipinski definition) is 5.